The predicted molar refractivity (Wildman–Crippen MR) is 277 cm³/mol. The summed E-state index contributed by atoms with van der Waals surface area (Å²) in [6.45, 7) is 19.8. The van der Waals surface area contributed by atoms with E-state index in [1.807, 2.05) is 0 Å². The van der Waals surface area contributed by atoms with Gasteiger partial charge < -0.3 is 4.90 Å². The van der Waals surface area contributed by atoms with Crippen LogP contribution >= 0.6 is 0 Å². The zero-order chi connectivity index (χ0) is 44.6. The number of anilines is 3. The van der Waals surface area contributed by atoms with Crippen molar-refractivity contribution in [1.29, 1.82) is 0 Å². The highest BCUT2D eigenvalue weighted by Gasteiger charge is 2.48. The Hall–Kier alpha value is -6.38. The molecule has 4 aliphatic rings. The summed E-state index contributed by atoms with van der Waals surface area (Å²) in [5, 5.41) is 0. The van der Waals surface area contributed by atoms with E-state index in [2.05, 4.69) is 231 Å². The van der Waals surface area contributed by atoms with Gasteiger partial charge >= 0.3 is 0 Å². The van der Waals surface area contributed by atoms with Gasteiger partial charge in [0.25, 0.3) is 0 Å². The average Bonchev–Trinajstić information content (AvgIpc) is 3.55. The molecule has 2 aliphatic carbocycles. The lowest BCUT2D eigenvalue weighted by Crippen LogP contribution is -2.47. The molecule has 0 bridgehead atoms. The number of nitrogens with zero attached hydrogens (tertiary/aromatic N) is 1. The Morgan fingerprint density at radius 3 is 1.74 bits per heavy atom. The van der Waals surface area contributed by atoms with Crippen molar-refractivity contribution < 1.29 is 0 Å². The van der Waals surface area contributed by atoms with E-state index in [1.54, 1.807) is 0 Å². The fraction of sp³-hybridized carbons (Fsp3) is 0.238. The molecule has 2 heterocycles. The van der Waals surface area contributed by atoms with Crippen LogP contribution in [0.4, 0.5) is 17.1 Å². The average molecular weight is 839 g/mol. The summed E-state index contributed by atoms with van der Waals surface area (Å²) in [5.74, 6) is 0. The third kappa shape index (κ3) is 5.98. The molecule has 0 atom stereocenters. The lowest BCUT2D eigenvalue weighted by atomic mass is 9.54. The molecule has 0 fully saturated rings. The van der Waals surface area contributed by atoms with Gasteiger partial charge in [-0.1, -0.05) is 213 Å². The van der Waals surface area contributed by atoms with Crippen molar-refractivity contribution in [1.82, 2.24) is 0 Å². The minimum atomic E-state index is -0.224. The van der Waals surface area contributed by atoms with Gasteiger partial charge in [0.05, 0.1) is 5.69 Å². The van der Waals surface area contributed by atoms with Crippen molar-refractivity contribution in [3.05, 3.63) is 208 Å². The van der Waals surface area contributed by atoms with Gasteiger partial charge in [-0.3, -0.25) is 0 Å². The summed E-state index contributed by atoms with van der Waals surface area (Å²) in [5.41, 5.74) is 28.0. The Labute approximate surface area is 387 Å². The molecule has 65 heavy (non-hydrogen) atoms. The molecule has 0 spiro atoms. The van der Waals surface area contributed by atoms with Crippen LogP contribution in [0.2, 0.25) is 0 Å². The van der Waals surface area contributed by atoms with E-state index in [0.29, 0.717) is 0 Å². The number of rotatable bonds is 5. The Balaban J connectivity index is 1.14. The molecule has 0 amide bonds. The summed E-state index contributed by atoms with van der Waals surface area (Å²) < 4.78 is 0. The summed E-state index contributed by atoms with van der Waals surface area (Å²) in [7, 11) is 2.55. The summed E-state index contributed by atoms with van der Waals surface area (Å²) in [4.78, 5) is 2.76. The van der Waals surface area contributed by atoms with Gasteiger partial charge in [0.2, 0.25) is 0 Å². The van der Waals surface area contributed by atoms with Crippen molar-refractivity contribution in [2.75, 3.05) is 4.90 Å². The zero-order valence-electron chi connectivity index (χ0n) is 39.2. The third-order valence-corrected chi connectivity index (χ3v) is 16.2. The normalized spacial score (nSPS) is 17.1. The molecule has 1 nitrogen and oxygen atoms in total. The molecule has 0 saturated heterocycles. The predicted octanol–water partition coefficient (Wildman–Crippen LogP) is 15.0. The second-order valence-corrected chi connectivity index (χ2v) is 21.8. The highest BCUT2D eigenvalue weighted by molar-refractivity contribution is 6.73. The smallest absolute Gasteiger partial charge is 0.197 e. The number of fused-ring (bicyclic) bond motifs is 9. The van der Waals surface area contributed by atoms with Crippen LogP contribution in [0.5, 0.6) is 0 Å². The monoisotopic (exact) mass is 838 g/mol. The standard InChI is InChI=1S/C63H57BN/c1-60(2)32-33-61(3,4)52-38-55-53(37-51(52)60)62(5,6)50-24-17-25-54-58(50)65(55)59-56-47(46-22-15-16-23-49(46)63(56,7)8)36-48(57(59)64-54)45-31-30-43(41-20-13-10-14-21-41)35-44(45)34-39-26-28-42(29-27-39)40-18-11-9-12-19-40/h9-31,35-38H,32-34H2,1-8H3. The van der Waals surface area contributed by atoms with Crippen molar-refractivity contribution in [3.8, 4) is 44.5 Å². The van der Waals surface area contributed by atoms with Crippen LogP contribution in [0.15, 0.2) is 164 Å². The van der Waals surface area contributed by atoms with E-state index < -0.39 is 0 Å². The largest absolute Gasteiger partial charge is 0.311 e. The topological polar surface area (TPSA) is 3.24 Å². The van der Waals surface area contributed by atoms with Gasteiger partial charge in [-0.05, 0) is 137 Å². The molecule has 0 N–H and O–H groups in total. The van der Waals surface area contributed by atoms with Gasteiger partial charge in [0, 0.05) is 22.2 Å². The highest BCUT2D eigenvalue weighted by Crippen LogP contribution is 2.61. The maximum absolute atomic E-state index is 2.76. The lowest BCUT2D eigenvalue weighted by molar-refractivity contribution is 0.331. The molecular weight excluding hydrogens is 782 g/mol. The van der Waals surface area contributed by atoms with Crippen LogP contribution in [0, 0.1) is 0 Å². The number of hydrogen-bond donors (Lipinski definition) is 0. The van der Waals surface area contributed by atoms with E-state index in [-0.39, 0.29) is 21.7 Å². The summed E-state index contributed by atoms with van der Waals surface area (Å²) >= 11 is 0. The molecule has 2 heteroatoms. The minimum absolute atomic E-state index is 0.0720. The van der Waals surface area contributed by atoms with Gasteiger partial charge in [-0.25, -0.2) is 0 Å². The number of benzene rings is 8. The van der Waals surface area contributed by atoms with Crippen LogP contribution in [0.3, 0.4) is 0 Å². The van der Waals surface area contributed by atoms with E-state index in [0.717, 1.165) is 6.42 Å². The van der Waals surface area contributed by atoms with Crippen LogP contribution in [-0.4, -0.2) is 7.28 Å². The third-order valence-electron chi connectivity index (χ3n) is 16.2. The van der Waals surface area contributed by atoms with Crippen molar-refractivity contribution in [2.45, 2.75) is 96.3 Å². The molecule has 317 valence electrons. The first-order valence-corrected chi connectivity index (χ1v) is 23.8. The zero-order valence-corrected chi connectivity index (χ0v) is 39.2. The van der Waals surface area contributed by atoms with E-state index in [4.69, 9.17) is 0 Å². The molecule has 0 saturated carbocycles. The fourth-order valence-corrected chi connectivity index (χ4v) is 12.4. The molecular formula is C63H57BN. The first-order valence-electron chi connectivity index (χ1n) is 23.8. The Bertz CT molecular complexity index is 3240. The van der Waals surface area contributed by atoms with Crippen LogP contribution in [-0.2, 0) is 28.1 Å². The van der Waals surface area contributed by atoms with Gasteiger partial charge in [0.1, 0.15) is 0 Å². The second kappa shape index (κ2) is 14.1. The molecule has 8 aromatic carbocycles. The molecule has 12 rings (SSSR count). The SMILES string of the molecule is CC1(C)CCC(C)(C)c2cc3c(cc21)N1c2c(cccc2C3(C)C)[B]c2c(-c3ccc(-c4ccccc4)cc3Cc3ccc(-c4ccccc4)cc3)cc3c(c21)C(C)(C)c1ccccc1-3. The van der Waals surface area contributed by atoms with Crippen LogP contribution < -0.4 is 15.8 Å². The van der Waals surface area contributed by atoms with E-state index >= 15 is 0 Å². The van der Waals surface area contributed by atoms with Crippen LogP contribution in [0.25, 0.3) is 44.5 Å². The Morgan fingerprint density at radius 2 is 1.03 bits per heavy atom. The molecule has 8 aromatic rings. The van der Waals surface area contributed by atoms with Crippen molar-refractivity contribution in [2.24, 2.45) is 0 Å². The van der Waals surface area contributed by atoms with Gasteiger partial charge in [0.15, 0.2) is 7.28 Å². The van der Waals surface area contributed by atoms with E-state index in [1.165, 1.54) is 130 Å². The lowest BCUT2D eigenvalue weighted by Gasteiger charge is -2.50. The van der Waals surface area contributed by atoms with Crippen molar-refractivity contribution >= 4 is 35.3 Å². The van der Waals surface area contributed by atoms with Crippen LogP contribution in [0.1, 0.15) is 113 Å². The molecule has 2 aliphatic heterocycles. The Kier molecular flexibility index (Phi) is 8.69. The fourth-order valence-electron chi connectivity index (χ4n) is 12.4. The van der Waals surface area contributed by atoms with Crippen molar-refractivity contribution in [3.63, 3.8) is 0 Å². The van der Waals surface area contributed by atoms with E-state index in [9.17, 15) is 0 Å². The first-order chi connectivity index (χ1) is 31.2. The summed E-state index contributed by atoms with van der Waals surface area (Å²) in [6.07, 6.45) is 3.19. The second-order valence-electron chi connectivity index (χ2n) is 21.8. The molecule has 1 radical (unpaired) electrons. The highest BCUT2D eigenvalue weighted by atomic mass is 15.2. The molecule has 0 unspecified atom stereocenters. The van der Waals surface area contributed by atoms with Gasteiger partial charge in [-0.2, -0.15) is 0 Å². The number of hydrogen-bond acceptors (Lipinski definition) is 1. The number of para-hydroxylation sites is 1. The molecule has 0 aromatic heterocycles. The maximum Gasteiger partial charge on any atom is 0.197 e. The minimum Gasteiger partial charge on any atom is -0.311 e. The maximum atomic E-state index is 2.76. The quantitative estimate of drug-likeness (QED) is 0.156. The Morgan fingerprint density at radius 1 is 0.431 bits per heavy atom. The summed E-state index contributed by atoms with van der Waals surface area (Å²) in [6, 6.07) is 62.3. The van der Waals surface area contributed by atoms with Gasteiger partial charge in [-0.15, -0.1) is 0 Å². The first kappa shape index (κ1) is 40.2.